The summed E-state index contributed by atoms with van der Waals surface area (Å²) in [6, 6.07) is 3.36. The van der Waals surface area contributed by atoms with E-state index < -0.39 is 0 Å². The Morgan fingerprint density at radius 1 is 1.15 bits per heavy atom. The summed E-state index contributed by atoms with van der Waals surface area (Å²) in [5.41, 5.74) is 6.02. The van der Waals surface area contributed by atoms with Crippen molar-refractivity contribution in [2.75, 3.05) is 6.54 Å². The smallest absolute Gasteiger partial charge is 0.0679 e. The van der Waals surface area contributed by atoms with Gasteiger partial charge in [-0.15, -0.1) is 0 Å². The molecular formula is C9H8Cl3N. The number of benzene rings is 1. The highest BCUT2D eigenvalue weighted by Gasteiger charge is 2.05. The van der Waals surface area contributed by atoms with Crippen molar-refractivity contribution in [3.05, 3.63) is 38.8 Å². The van der Waals surface area contributed by atoms with E-state index >= 15 is 0 Å². The normalized spacial score (nSPS) is 11.1. The average Bonchev–Trinajstić information content (AvgIpc) is 2.12. The van der Waals surface area contributed by atoms with Crippen molar-refractivity contribution in [3.8, 4) is 0 Å². The van der Waals surface area contributed by atoms with Gasteiger partial charge in [-0.2, -0.15) is 0 Å². The third-order valence-electron chi connectivity index (χ3n) is 1.50. The number of rotatable bonds is 2. The summed E-state index contributed by atoms with van der Waals surface area (Å²) < 4.78 is 0. The van der Waals surface area contributed by atoms with Crippen LogP contribution in [0.4, 0.5) is 0 Å². The standard InChI is InChI=1S/C9H8Cl3N/c10-7-3-4-8(11)9(12)6(7)2-1-5-13/h1-4H,5,13H2/b2-1+. The van der Waals surface area contributed by atoms with Crippen molar-refractivity contribution in [3.63, 3.8) is 0 Å². The van der Waals surface area contributed by atoms with Gasteiger partial charge in [-0.3, -0.25) is 0 Å². The van der Waals surface area contributed by atoms with Crippen molar-refractivity contribution in [2.24, 2.45) is 5.73 Å². The Labute approximate surface area is 92.1 Å². The Kier molecular flexibility index (Phi) is 4.07. The zero-order valence-corrected chi connectivity index (χ0v) is 9.00. The van der Waals surface area contributed by atoms with E-state index in [1.165, 1.54) is 0 Å². The second-order valence-corrected chi connectivity index (χ2v) is 3.59. The Hall–Kier alpha value is -0.210. The van der Waals surface area contributed by atoms with Crippen molar-refractivity contribution in [1.29, 1.82) is 0 Å². The summed E-state index contributed by atoms with van der Waals surface area (Å²) in [4.78, 5) is 0. The van der Waals surface area contributed by atoms with Crippen LogP contribution >= 0.6 is 34.8 Å². The molecule has 0 atom stereocenters. The lowest BCUT2D eigenvalue weighted by Gasteiger charge is -2.02. The molecule has 1 aromatic carbocycles. The molecule has 0 aromatic heterocycles. The monoisotopic (exact) mass is 235 g/mol. The third kappa shape index (κ3) is 2.61. The zero-order chi connectivity index (χ0) is 9.84. The fourth-order valence-corrected chi connectivity index (χ4v) is 1.54. The number of hydrogen-bond donors (Lipinski definition) is 1. The molecule has 0 bridgehead atoms. The summed E-state index contributed by atoms with van der Waals surface area (Å²) in [5, 5.41) is 1.51. The molecular weight excluding hydrogens is 228 g/mol. The van der Waals surface area contributed by atoms with Gasteiger partial charge in [-0.05, 0) is 12.1 Å². The first-order valence-corrected chi connectivity index (χ1v) is 4.80. The maximum atomic E-state index is 5.93. The highest BCUT2D eigenvalue weighted by molar-refractivity contribution is 6.44. The van der Waals surface area contributed by atoms with Gasteiger partial charge in [0.2, 0.25) is 0 Å². The average molecular weight is 237 g/mol. The molecule has 0 heterocycles. The molecule has 1 nitrogen and oxygen atoms in total. The lowest BCUT2D eigenvalue weighted by Crippen LogP contribution is -1.92. The summed E-state index contributed by atoms with van der Waals surface area (Å²) in [6.45, 7) is 0.444. The van der Waals surface area contributed by atoms with Crippen LogP contribution in [0.3, 0.4) is 0 Å². The van der Waals surface area contributed by atoms with E-state index in [9.17, 15) is 0 Å². The van der Waals surface area contributed by atoms with Gasteiger partial charge in [-0.1, -0.05) is 47.0 Å². The Balaban J connectivity index is 3.17. The lowest BCUT2D eigenvalue weighted by atomic mass is 10.2. The maximum Gasteiger partial charge on any atom is 0.0679 e. The van der Waals surface area contributed by atoms with Crippen LogP contribution in [0.5, 0.6) is 0 Å². The Morgan fingerprint density at radius 2 is 1.77 bits per heavy atom. The predicted molar refractivity (Wildman–Crippen MR) is 59.6 cm³/mol. The van der Waals surface area contributed by atoms with Crippen molar-refractivity contribution in [1.82, 2.24) is 0 Å². The first-order valence-electron chi connectivity index (χ1n) is 3.67. The number of halogens is 3. The molecule has 4 heteroatoms. The van der Waals surface area contributed by atoms with E-state index in [1.54, 1.807) is 24.3 Å². The molecule has 13 heavy (non-hydrogen) atoms. The van der Waals surface area contributed by atoms with E-state index in [1.807, 2.05) is 0 Å². The molecule has 0 radical (unpaired) electrons. The largest absolute Gasteiger partial charge is 0.327 e. The maximum absolute atomic E-state index is 5.93. The first-order chi connectivity index (χ1) is 6.16. The first kappa shape index (κ1) is 10.9. The van der Waals surface area contributed by atoms with Gasteiger partial charge in [0, 0.05) is 17.1 Å². The van der Waals surface area contributed by atoms with E-state index in [-0.39, 0.29) is 0 Å². The molecule has 2 N–H and O–H groups in total. The molecule has 1 aromatic rings. The molecule has 0 amide bonds. The van der Waals surface area contributed by atoms with Crippen molar-refractivity contribution < 1.29 is 0 Å². The van der Waals surface area contributed by atoms with Gasteiger partial charge in [-0.25, -0.2) is 0 Å². The zero-order valence-electron chi connectivity index (χ0n) is 6.73. The Bertz CT molecular complexity index is 334. The van der Waals surface area contributed by atoms with Gasteiger partial charge >= 0.3 is 0 Å². The van der Waals surface area contributed by atoms with Crippen LogP contribution in [0, 0.1) is 0 Å². The number of hydrogen-bond acceptors (Lipinski definition) is 1. The van der Waals surface area contributed by atoms with Crippen LogP contribution in [-0.4, -0.2) is 6.54 Å². The van der Waals surface area contributed by atoms with Gasteiger partial charge in [0.15, 0.2) is 0 Å². The van der Waals surface area contributed by atoms with Crippen LogP contribution in [-0.2, 0) is 0 Å². The second kappa shape index (κ2) is 4.87. The van der Waals surface area contributed by atoms with Gasteiger partial charge < -0.3 is 5.73 Å². The van der Waals surface area contributed by atoms with Gasteiger partial charge in [0.05, 0.1) is 10.0 Å². The number of nitrogens with two attached hydrogens (primary N) is 1. The Morgan fingerprint density at radius 3 is 2.38 bits per heavy atom. The molecule has 0 aliphatic heterocycles. The minimum absolute atomic E-state index is 0.444. The van der Waals surface area contributed by atoms with Crippen LogP contribution in [0.2, 0.25) is 15.1 Å². The van der Waals surface area contributed by atoms with Crippen LogP contribution in [0.1, 0.15) is 5.56 Å². The minimum Gasteiger partial charge on any atom is -0.327 e. The molecule has 0 saturated heterocycles. The molecule has 0 spiro atoms. The van der Waals surface area contributed by atoms with Crippen molar-refractivity contribution in [2.45, 2.75) is 0 Å². The van der Waals surface area contributed by atoms with E-state index in [4.69, 9.17) is 40.5 Å². The third-order valence-corrected chi connectivity index (χ3v) is 2.65. The highest BCUT2D eigenvalue weighted by Crippen LogP contribution is 2.32. The van der Waals surface area contributed by atoms with E-state index in [0.29, 0.717) is 27.2 Å². The van der Waals surface area contributed by atoms with E-state index in [0.717, 1.165) is 0 Å². The second-order valence-electron chi connectivity index (χ2n) is 2.39. The van der Waals surface area contributed by atoms with E-state index in [2.05, 4.69) is 0 Å². The van der Waals surface area contributed by atoms with Crippen LogP contribution in [0.25, 0.3) is 6.08 Å². The summed E-state index contributed by atoms with van der Waals surface area (Å²) in [5.74, 6) is 0. The fraction of sp³-hybridized carbons (Fsp3) is 0.111. The quantitative estimate of drug-likeness (QED) is 0.780. The SMILES string of the molecule is NC/C=C/c1c(Cl)ccc(Cl)c1Cl. The minimum atomic E-state index is 0.444. The fourth-order valence-electron chi connectivity index (χ4n) is 0.881. The van der Waals surface area contributed by atoms with Gasteiger partial charge in [0.25, 0.3) is 0 Å². The molecule has 0 fully saturated rings. The van der Waals surface area contributed by atoms with Crippen molar-refractivity contribution >= 4 is 40.9 Å². The summed E-state index contributed by atoms with van der Waals surface area (Å²) in [6.07, 6.45) is 3.53. The van der Waals surface area contributed by atoms with Crippen LogP contribution < -0.4 is 5.73 Å². The lowest BCUT2D eigenvalue weighted by molar-refractivity contribution is 1.26. The van der Waals surface area contributed by atoms with Crippen LogP contribution in [0.15, 0.2) is 18.2 Å². The molecule has 0 aliphatic carbocycles. The summed E-state index contributed by atoms with van der Waals surface area (Å²) >= 11 is 17.6. The molecule has 0 saturated carbocycles. The topological polar surface area (TPSA) is 26.0 Å². The molecule has 0 unspecified atom stereocenters. The highest BCUT2D eigenvalue weighted by atomic mass is 35.5. The van der Waals surface area contributed by atoms with Gasteiger partial charge in [0.1, 0.15) is 0 Å². The molecule has 0 aliphatic rings. The predicted octanol–water partition coefficient (Wildman–Crippen LogP) is 3.62. The molecule has 70 valence electrons. The summed E-state index contributed by atoms with van der Waals surface area (Å²) in [7, 11) is 0. The molecule has 1 rings (SSSR count).